The molecule has 0 aliphatic rings. The van der Waals surface area contributed by atoms with Crippen molar-refractivity contribution in [3.05, 3.63) is 72.1 Å². The summed E-state index contributed by atoms with van der Waals surface area (Å²) in [5.41, 5.74) is 2.10. The fraction of sp³-hybridized carbons (Fsp3) is 0.167. The molecule has 132 valence electrons. The Balaban J connectivity index is 1.61. The van der Waals surface area contributed by atoms with Gasteiger partial charge in [0.2, 0.25) is 5.82 Å². The molecule has 0 saturated carbocycles. The number of carbonyl (C=O) groups excluding carboxylic acids is 2. The van der Waals surface area contributed by atoms with Crippen LogP contribution < -0.4 is 10.6 Å². The average Bonchev–Trinajstić information content (AvgIpc) is 3.09. The van der Waals surface area contributed by atoms with E-state index in [1.165, 1.54) is 11.0 Å². The van der Waals surface area contributed by atoms with Crippen LogP contribution in [-0.2, 0) is 7.05 Å². The standard InChI is InChI=1S/C18H18N6O2/c1-12(21-18(26)16-20-11-24(2)23-16)13-3-5-15(6-4-13)22-17(25)14-7-9-19-10-8-14/h3-12H,1-2H3,(H,21,26)(H,22,25). The number of amides is 2. The Labute approximate surface area is 150 Å². The fourth-order valence-corrected chi connectivity index (χ4v) is 2.35. The molecule has 0 aliphatic heterocycles. The summed E-state index contributed by atoms with van der Waals surface area (Å²) in [4.78, 5) is 32.0. The largest absolute Gasteiger partial charge is 0.343 e. The van der Waals surface area contributed by atoms with Crippen LogP contribution in [0.25, 0.3) is 0 Å². The predicted molar refractivity (Wildman–Crippen MR) is 95.5 cm³/mol. The topological polar surface area (TPSA) is 102 Å². The molecule has 26 heavy (non-hydrogen) atoms. The third-order valence-electron chi connectivity index (χ3n) is 3.76. The number of carbonyl (C=O) groups is 2. The summed E-state index contributed by atoms with van der Waals surface area (Å²) in [5, 5.41) is 9.63. The van der Waals surface area contributed by atoms with Crippen molar-refractivity contribution in [2.24, 2.45) is 7.05 Å². The quantitative estimate of drug-likeness (QED) is 0.732. The van der Waals surface area contributed by atoms with Crippen LogP contribution in [0.4, 0.5) is 5.69 Å². The lowest BCUT2D eigenvalue weighted by atomic mass is 10.1. The van der Waals surface area contributed by atoms with Crippen molar-refractivity contribution in [1.82, 2.24) is 25.1 Å². The van der Waals surface area contributed by atoms with E-state index in [1.54, 1.807) is 43.7 Å². The van der Waals surface area contributed by atoms with Gasteiger partial charge in [-0.05, 0) is 36.8 Å². The summed E-state index contributed by atoms with van der Waals surface area (Å²) in [5.74, 6) is -0.420. The first-order chi connectivity index (χ1) is 12.5. The highest BCUT2D eigenvalue weighted by atomic mass is 16.2. The lowest BCUT2D eigenvalue weighted by Crippen LogP contribution is -2.27. The van der Waals surface area contributed by atoms with Gasteiger partial charge in [0, 0.05) is 30.7 Å². The molecule has 0 spiro atoms. The maximum atomic E-state index is 12.1. The molecule has 0 saturated heterocycles. The SMILES string of the molecule is CC(NC(=O)c1ncn(C)n1)c1ccc(NC(=O)c2ccncc2)cc1. The zero-order chi connectivity index (χ0) is 18.5. The number of benzene rings is 1. The van der Waals surface area contributed by atoms with Crippen molar-refractivity contribution >= 4 is 17.5 Å². The highest BCUT2D eigenvalue weighted by Gasteiger charge is 2.15. The number of hydrogen-bond donors (Lipinski definition) is 2. The number of nitrogens with one attached hydrogen (secondary N) is 2. The van der Waals surface area contributed by atoms with Gasteiger partial charge in [0.25, 0.3) is 11.8 Å². The maximum Gasteiger partial charge on any atom is 0.291 e. The number of rotatable bonds is 5. The molecule has 1 aromatic carbocycles. The van der Waals surface area contributed by atoms with E-state index in [9.17, 15) is 9.59 Å². The van der Waals surface area contributed by atoms with Gasteiger partial charge < -0.3 is 10.6 Å². The first-order valence-corrected chi connectivity index (χ1v) is 8.01. The Hall–Kier alpha value is -3.55. The van der Waals surface area contributed by atoms with Crippen LogP contribution in [0.1, 0.15) is 39.5 Å². The van der Waals surface area contributed by atoms with Crippen LogP contribution in [-0.4, -0.2) is 31.6 Å². The van der Waals surface area contributed by atoms with Crippen LogP contribution in [0.2, 0.25) is 0 Å². The van der Waals surface area contributed by atoms with Gasteiger partial charge in [-0.3, -0.25) is 19.3 Å². The van der Waals surface area contributed by atoms with E-state index in [0.29, 0.717) is 11.3 Å². The van der Waals surface area contributed by atoms with E-state index < -0.39 is 0 Å². The Morgan fingerprint density at radius 1 is 1.04 bits per heavy atom. The van der Waals surface area contributed by atoms with Crippen molar-refractivity contribution in [2.45, 2.75) is 13.0 Å². The molecule has 0 bridgehead atoms. The van der Waals surface area contributed by atoms with Gasteiger partial charge in [0.05, 0.1) is 6.04 Å². The minimum absolute atomic E-state index is 0.126. The maximum absolute atomic E-state index is 12.1. The molecular weight excluding hydrogens is 332 g/mol. The van der Waals surface area contributed by atoms with Crippen molar-refractivity contribution in [3.63, 3.8) is 0 Å². The van der Waals surface area contributed by atoms with E-state index in [4.69, 9.17) is 0 Å². The van der Waals surface area contributed by atoms with Crippen LogP contribution in [0.15, 0.2) is 55.1 Å². The van der Waals surface area contributed by atoms with E-state index in [1.807, 2.05) is 19.1 Å². The fourth-order valence-electron chi connectivity index (χ4n) is 2.35. The normalized spacial score (nSPS) is 11.6. The Bertz CT molecular complexity index is 905. The summed E-state index contributed by atoms with van der Waals surface area (Å²) in [6.07, 6.45) is 4.61. The van der Waals surface area contributed by atoms with E-state index in [2.05, 4.69) is 25.7 Å². The molecule has 1 unspecified atom stereocenters. The van der Waals surface area contributed by atoms with E-state index >= 15 is 0 Å². The second-order valence-corrected chi connectivity index (χ2v) is 5.75. The number of hydrogen-bond acceptors (Lipinski definition) is 5. The third kappa shape index (κ3) is 4.10. The molecule has 0 radical (unpaired) electrons. The molecule has 2 N–H and O–H groups in total. The summed E-state index contributed by atoms with van der Waals surface area (Å²) in [6.45, 7) is 1.87. The van der Waals surface area contributed by atoms with E-state index in [0.717, 1.165) is 5.56 Å². The number of pyridine rings is 1. The van der Waals surface area contributed by atoms with E-state index in [-0.39, 0.29) is 23.7 Å². The van der Waals surface area contributed by atoms with Gasteiger partial charge in [-0.25, -0.2) is 4.98 Å². The third-order valence-corrected chi connectivity index (χ3v) is 3.76. The zero-order valence-electron chi connectivity index (χ0n) is 14.4. The van der Waals surface area contributed by atoms with Gasteiger partial charge in [-0.15, -0.1) is 5.10 Å². The highest BCUT2D eigenvalue weighted by Crippen LogP contribution is 2.17. The Kier molecular flexibility index (Phi) is 5.02. The second kappa shape index (κ2) is 7.56. The summed E-state index contributed by atoms with van der Waals surface area (Å²) in [7, 11) is 1.70. The summed E-state index contributed by atoms with van der Waals surface area (Å²) in [6, 6.07) is 10.3. The van der Waals surface area contributed by atoms with Gasteiger partial charge in [0.1, 0.15) is 6.33 Å². The molecule has 3 aromatic rings. The smallest absolute Gasteiger partial charge is 0.291 e. The Morgan fingerprint density at radius 3 is 2.35 bits per heavy atom. The van der Waals surface area contributed by atoms with Gasteiger partial charge in [0.15, 0.2) is 0 Å². The molecule has 1 atom stereocenters. The summed E-state index contributed by atoms with van der Waals surface area (Å²) < 4.78 is 1.47. The van der Waals surface area contributed by atoms with Crippen molar-refractivity contribution < 1.29 is 9.59 Å². The van der Waals surface area contributed by atoms with Crippen LogP contribution >= 0.6 is 0 Å². The Morgan fingerprint density at radius 2 is 1.73 bits per heavy atom. The lowest BCUT2D eigenvalue weighted by molar-refractivity contribution is 0.0928. The lowest BCUT2D eigenvalue weighted by Gasteiger charge is -2.14. The summed E-state index contributed by atoms with van der Waals surface area (Å²) >= 11 is 0. The molecule has 8 heteroatoms. The molecule has 0 aliphatic carbocycles. The number of aryl methyl sites for hydroxylation is 1. The first-order valence-electron chi connectivity index (χ1n) is 8.01. The number of aromatic nitrogens is 4. The van der Waals surface area contributed by atoms with Crippen LogP contribution in [0, 0.1) is 0 Å². The molecule has 0 fully saturated rings. The predicted octanol–water partition coefficient (Wildman–Crippen LogP) is 1.95. The average molecular weight is 350 g/mol. The molecular formula is C18H18N6O2. The van der Waals surface area contributed by atoms with Gasteiger partial charge in [-0.2, -0.15) is 0 Å². The van der Waals surface area contributed by atoms with Gasteiger partial charge >= 0.3 is 0 Å². The highest BCUT2D eigenvalue weighted by molar-refractivity contribution is 6.04. The minimum Gasteiger partial charge on any atom is -0.343 e. The second-order valence-electron chi connectivity index (χ2n) is 5.75. The van der Waals surface area contributed by atoms with Crippen molar-refractivity contribution in [3.8, 4) is 0 Å². The monoisotopic (exact) mass is 350 g/mol. The molecule has 2 heterocycles. The zero-order valence-corrected chi connectivity index (χ0v) is 14.4. The molecule has 3 rings (SSSR count). The first kappa shape index (κ1) is 17.3. The van der Waals surface area contributed by atoms with Crippen molar-refractivity contribution in [2.75, 3.05) is 5.32 Å². The number of nitrogens with zero attached hydrogens (tertiary/aromatic N) is 4. The van der Waals surface area contributed by atoms with Gasteiger partial charge in [-0.1, -0.05) is 12.1 Å². The number of anilines is 1. The molecule has 2 aromatic heterocycles. The molecule has 2 amide bonds. The van der Waals surface area contributed by atoms with Crippen molar-refractivity contribution in [1.29, 1.82) is 0 Å². The minimum atomic E-state index is -0.340. The molecule has 8 nitrogen and oxygen atoms in total. The van der Waals surface area contributed by atoms with Crippen LogP contribution in [0.3, 0.4) is 0 Å². The van der Waals surface area contributed by atoms with Crippen LogP contribution in [0.5, 0.6) is 0 Å².